The van der Waals surface area contributed by atoms with Crippen LogP contribution in [0.4, 0.5) is 5.82 Å². The van der Waals surface area contributed by atoms with E-state index in [1.807, 2.05) is 34.0 Å². The molecule has 0 saturated heterocycles. The summed E-state index contributed by atoms with van der Waals surface area (Å²) in [6.07, 6.45) is 0. The van der Waals surface area contributed by atoms with E-state index >= 15 is 0 Å². The second-order valence-corrected chi connectivity index (χ2v) is 5.16. The van der Waals surface area contributed by atoms with Gasteiger partial charge in [0.25, 0.3) is 0 Å². The van der Waals surface area contributed by atoms with Crippen LogP contribution in [-0.2, 0) is 0 Å². The van der Waals surface area contributed by atoms with Gasteiger partial charge in [0.2, 0.25) is 5.88 Å². The van der Waals surface area contributed by atoms with Crippen molar-refractivity contribution in [3.8, 4) is 5.88 Å². The number of nitrogens with zero attached hydrogens (tertiary/aromatic N) is 3. The van der Waals surface area contributed by atoms with Crippen molar-refractivity contribution >= 4 is 5.82 Å². The van der Waals surface area contributed by atoms with Crippen molar-refractivity contribution in [3.63, 3.8) is 0 Å². The van der Waals surface area contributed by atoms with E-state index in [-0.39, 0.29) is 5.54 Å². The van der Waals surface area contributed by atoms with Crippen molar-refractivity contribution in [1.82, 2.24) is 14.9 Å². The Morgan fingerprint density at radius 3 is 2.56 bits per heavy atom. The molecule has 0 radical (unpaired) electrons. The van der Waals surface area contributed by atoms with Gasteiger partial charge in [-0.05, 0) is 41.8 Å². The molecule has 0 aliphatic rings. The van der Waals surface area contributed by atoms with Crippen molar-refractivity contribution in [2.45, 2.75) is 33.2 Å². The number of anilines is 1. The van der Waals surface area contributed by atoms with Crippen molar-refractivity contribution in [2.75, 3.05) is 32.6 Å². The van der Waals surface area contributed by atoms with E-state index in [9.17, 15) is 0 Å². The van der Waals surface area contributed by atoms with Gasteiger partial charge in [-0.1, -0.05) is 0 Å². The molecule has 0 saturated carbocycles. The van der Waals surface area contributed by atoms with Crippen LogP contribution in [0.25, 0.3) is 0 Å². The van der Waals surface area contributed by atoms with Crippen molar-refractivity contribution < 1.29 is 4.74 Å². The Balaban J connectivity index is 2.73. The Labute approximate surface area is 110 Å². The molecule has 18 heavy (non-hydrogen) atoms. The molecule has 0 aromatic carbocycles. The summed E-state index contributed by atoms with van der Waals surface area (Å²) in [4.78, 5) is 10.7. The van der Waals surface area contributed by atoms with Crippen molar-refractivity contribution in [2.24, 2.45) is 0 Å². The minimum Gasteiger partial charge on any atom is -0.476 e. The molecular weight excluding hydrogens is 228 g/mol. The molecule has 1 rings (SSSR count). The van der Waals surface area contributed by atoms with Crippen LogP contribution in [0.5, 0.6) is 5.88 Å². The molecule has 0 aliphatic heterocycles. The fourth-order valence-corrected chi connectivity index (χ4v) is 1.27. The zero-order valence-electron chi connectivity index (χ0n) is 12.2. The molecule has 0 unspecified atom stereocenters. The average molecular weight is 252 g/mol. The second-order valence-electron chi connectivity index (χ2n) is 5.16. The first kappa shape index (κ1) is 14.7. The number of ether oxygens (including phenoxy) is 1. The lowest BCUT2D eigenvalue weighted by molar-refractivity contribution is 0.111. The SMILES string of the molecule is CCNc1cc(OCC(C)(C)N(C)C)nc(C)n1. The van der Waals surface area contributed by atoms with Crippen molar-refractivity contribution in [1.29, 1.82) is 0 Å². The van der Waals surface area contributed by atoms with Gasteiger partial charge in [0.15, 0.2) is 0 Å². The summed E-state index contributed by atoms with van der Waals surface area (Å²) in [7, 11) is 4.08. The average Bonchev–Trinajstić information content (AvgIpc) is 2.26. The summed E-state index contributed by atoms with van der Waals surface area (Å²) in [5.41, 5.74) is -0.0306. The molecule has 0 aliphatic carbocycles. The molecule has 0 spiro atoms. The third-order valence-electron chi connectivity index (χ3n) is 2.96. The zero-order valence-corrected chi connectivity index (χ0v) is 12.2. The predicted molar refractivity (Wildman–Crippen MR) is 74.2 cm³/mol. The van der Waals surface area contributed by atoms with E-state index < -0.39 is 0 Å². The standard InChI is InChI=1S/C13H24N4O/c1-7-14-11-8-12(16-10(2)15-11)18-9-13(3,4)17(5)6/h8H,7,9H2,1-6H3,(H,14,15,16). The number of aryl methyl sites for hydroxylation is 1. The third kappa shape index (κ3) is 4.14. The minimum absolute atomic E-state index is 0.0306. The highest BCUT2D eigenvalue weighted by Crippen LogP contribution is 2.16. The van der Waals surface area contributed by atoms with E-state index in [4.69, 9.17) is 4.74 Å². The van der Waals surface area contributed by atoms with Gasteiger partial charge in [0.05, 0.1) is 0 Å². The van der Waals surface area contributed by atoms with Gasteiger partial charge in [-0.2, -0.15) is 4.98 Å². The second kappa shape index (κ2) is 6.00. The lowest BCUT2D eigenvalue weighted by Crippen LogP contribution is -2.43. The van der Waals surface area contributed by atoms with Gasteiger partial charge in [0.1, 0.15) is 18.2 Å². The monoisotopic (exact) mass is 252 g/mol. The van der Waals surface area contributed by atoms with E-state index in [0.717, 1.165) is 12.4 Å². The van der Waals surface area contributed by atoms with Crippen LogP contribution in [0, 0.1) is 6.92 Å². The van der Waals surface area contributed by atoms with Crippen LogP contribution in [0.1, 0.15) is 26.6 Å². The lowest BCUT2D eigenvalue weighted by Gasteiger charge is -2.31. The van der Waals surface area contributed by atoms with E-state index in [1.54, 1.807) is 0 Å². The molecule has 1 aromatic rings. The Bertz CT molecular complexity index is 391. The van der Waals surface area contributed by atoms with Gasteiger partial charge < -0.3 is 15.0 Å². The summed E-state index contributed by atoms with van der Waals surface area (Å²) in [5, 5.41) is 3.17. The maximum Gasteiger partial charge on any atom is 0.218 e. The van der Waals surface area contributed by atoms with Gasteiger partial charge in [-0.3, -0.25) is 0 Å². The van der Waals surface area contributed by atoms with Crippen LogP contribution in [0.2, 0.25) is 0 Å². The van der Waals surface area contributed by atoms with Crippen LogP contribution in [-0.4, -0.2) is 47.7 Å². The lowest BCUT2D eigenvalue weighted by atomic mass is 10.1. The molecule has 5 heteroatoms. The normalized spacial score (nSPS) is 11.7. The first-order valence-electron chi connectivity index (χ1n) is 6.25. The maximum absolute atomic E-state index is 5.77. The van der Waals surface area contributed by atoms with E-state index in [0.29, 0.717) is 18.3 Å². The fraction of sp³-hybridized carbons (Fsp3) is 0.692. The van der Waals surface area contributed by atoms with Crippen LogP contribution < -0.4 is 10.1 Å². The fourth-order valence-electron chi connectivity index (χ4n) is 1.27. The molecule has 1 heterocycles. The molecule has 1 N–H and O–H groups in total. The minimum atomic E-state index is -0.0306. The number of rotatable bonds is 6. The molecule has 102 valence electrons. The molecule has 0 atom stereocenters. The Morgan fingerprint density at radius 2 is 2.00 bits per heavy atom. The number of hydrogen-bond donors (Lipinski definition) is 1. The highest BCUT2D eigenvalue weighted by atomic mass is 16.5. The largest absolute Gasteiger partial charge is 0.476 e. The van der Waals surface area contributed by atoms with Gasteiger partial charge in [-0.25, -0.2) is 4.98 Å². The van der Waals surface area contributed by atoms with Crippen molar-refractivity contribution in [3.05, 3.63) is 11.9 Å². The summed E-state index contributed by atoms with van der Waals surface area (Å²) >= 11 is 0. The summed E-state index contributed by atoms with van der Waals surface area (Å²) in [6.45, 7) is 9.58. The van der Waals surface area contributed by atoms with Gasteiger partial charge >= 0.3 is 0 Å². The van der Waals surface area contributed by atoms with Gasteiger partial charge in [0, 0.05) is 18.2 Å². The smallest absolute Gasteiger partial charge is 0.218 e. The number of aromatic nitrogens is 2. The maximum atomic E-state index is 5.77. The van der Waals surface area contributed by atoms with Crippen LogP contribution in [0.15, 0.2) is 6.07 Å². The summed E-state index contributed by atoms with van der Waals surface area (Å²) in [5.74, 6) is 2.14. The quantitative estimate of drug-likeness (QED) is 0.838. The Hall–Kier alpha value is -1.36. The topological polar surface area (TPSA) is 50.3 Å². The van der Waals surface area contributed by atoms with E-state index in [2.05, 4.69) is 34.0 Å². The number of nitrogens with one attached hydrogen (secondary N) is 1. The molecular formula is C13H24N4O. The highest BCUT2D eigenvalue weighted by molar-refractivity contribution is 5.38. The first-order valence-corrected chi connectivity index (χ1v) is 6.25. The first-order chi connectivity index (χ1) is 8.35. The molecule has 0 bridgehead atoms. The molecule has 5 nitrogen and oxygen atoms in total. The third-order valence-corrected chi connectivity index (χ3v) is 2.96. The highest BCUT2D eigenvalue weighted by Gasteiger charge is 2.21. The number of likely N-dealkylation sites (N-methyl/N-ethyl adjacent to an activating group) is 1. The summed E-state index contributed by atoms with van der Waals surface area (Å²) in [6, 6.07) is 1.84. The Kier molecular flexibility index (Phi) is 4.90. The predicted octanol–water partition coefficient (Wildman–Crippen LogP) is 1.94. The number of hydrogen-bond acceptors (Lipinski definition) is 5. The van der Waals surface area contributed by atoms with E-state index in [1.165, 1.54) is 0 Å². The molecule has 0 amide bonds. The van der Waals surface area contributed by atoms with Gasteiger partial charge in [-0.15, -0.1) is 0 Å². The van der Waals surface area contributed by atoms with Crippen LogP contribution in [0.3, 0.4) is 0 Å². The molecule has 0 fully saturated rings. The molecule has 1 aromatic heterocycles. The zero-order chi connectivity index (χ0) is 13.8. The Morgan fingerprint density at radius 1 is 1.33 bits per heavy atom. The van der Waals surface area contributed by atoms with Crippen LogP contribution >= 0.6 is 0 Å². The summed E-state index contributed by atoms with van der Waals surface area (Å²) < 4.78 is 5.77.